The van der Waals surface area contributed by atoms with Crippen molar-refractivity contribution in [1.29, 1.82) is 0 Å². The highest BCUT2D eigenvalue weighted by atomic mass is 32.1. The normalized spacial score (nSPS) is 10.7. The first-order valence-corrected chi connectivity index (χ1v) is 10.7. The number of aromatic amines is 1. The van der Waals surface area contributed by atoms with Gasteiger partial charge in [0.1, 0.15) is 0 Å². The number of rotatable bonds is 10. The van der Waals surface area contributed by atoms with Gasteiger partial charge in [0.2, 0.25) is 11.7 Å². The van der Waals surface area contributed by atoms with Crippen LogP contribution < -0.4 is 25.1 Å². The quantitative estimate of drug-likeness (QED) is 0.349. The number of nitrogens with zero attached hydrogens (tertiary/aromatic N) is 1. The number of H-pyrrole nitrogens is 1. The van der Waals surface area contributed by atoms with Gasteiger partial charge < -0.3 is 24.5 Å². The van der Waals surface area contributed by atoms with Gasteiger partial charge in [-0.3, -0.25) is 14.2 Å². The van der Waals surface area contributed by atoms with E-state index < -0.39 is 0 Å². The fourth-order valence-corrected chi connectivity index (χ4v) is 3.80. The highest BCUT2D eigenvalue weighted by Crippen LogP contribution is 2.39. The van der Waals surface area contributed by atoms with Crippen LogP contribution in [0.15, 0.2) is 41.2 Å². The molecule has 8 nitrogen and oxygen atoms in total. The zero-order valence-electron chi connectivity index (χ0n) is 18.4. The maximum Gasteiger partial charge on any atom is 0.262 e. The van der Waals surface area contributed by atoms with Crippen molar-refractivity contribution in [3.63, 3.8) is 0 Å². The molecule has 3 aromatic rings. The van der Waals surface area contributed by atoms with Gasteiger partial charge in [-0.05, 0) is 37.2 Å². The molecule has 0 saturated heterocycles. The van der Waals surface area contributed by atoms with Gasteiger partial charge in [-0.1, -0.05) is 18.6 Å². The third kappa shape index (κ3) is 5.28. The number of methoxy groups -OCH3 is 3. The monoisotopic (exact) mass is 457 g/mol. The Labute approximate surface area is 191 Å². The summed E-state index contributed by atoms with van der Waals surface area (Å²) in [6, 6.07) is 10.7. The molecule has 0 aliphatic carbocycles. The lowest BCUT2D eigenvalue weighted by Gasteiger charge is -2.14. The van der Waals surface area contributed by atoms with Crippen molar-refractivity contribution in [1.82, 2.24) is 9.55 Å². The number of aromatic nitrogens is 2. The molecule has 170 valence electrons. The van der Waals surface area contributed by atoms with Crippen LogP contribution in [-0.4, -0.2) is 36.8 Å². The van der Waals surface area contributed by atoms with Crippen molar-refractivity contribution in [3.05, 3.63) is 51.5 Å². The number of fused-ring (bicyclic) bond motifs is 1. The van der Waals surface area contributed by atoms with Crippen molar-refractivity contribution in [3.8, 4) is 17.2 Å². The molecule has 2 aromatic carbocycles. The van der Waals surface area contributed by atoms with Gasteiger partial charge in [0.15, 0.2) is 16.3 Å². The molecule has 0 saturated carbocycles. The van der Waals surface area contributed by atoms with Crippen LogP contribution >= 0.6 is 12.2 Å². The number of amides is 1. The molecular weight excluding hydrogens is 430 g/mol. The van der Waals surface area contributed by atoms with E-state index in [4.69, 9.17) is 26.4 Å². The molecule has 1 aromatic heterocycles. The zero-order valence-corrected chi connectivity index (χ0v) is 19.2. The molecule has 0 aliphatic rings. The van der Waals surface area contributed by atoms with Gasteiger partial charge >= 0.3 is 0 Å². The molecule has 1 heterocycles. The van der Waals surface area contributed by atoms with Crippen LogP contribution in [0.4, 0.5) is 5.69 Å². The molecule has 0 atom stereocenters. The van der Waals surface area contributed by atoms with Crippen molar-refractivity contribution >= 4 is 34.7 Å². The predicted molar refractivity (Wildman–Crippen MR) is 127 cm³/mol. The van der Waals surface area contributed by atoms with Gasteiger partial charge in [-0.25, -0.2) is 0 Å². The molecule has 32 heavy (non-hydrogen) atoms. The fraction of sp³-hybridized carbons (Fsp3) is 0.348. The summed E-state index contributed by atoms with van der Waals surface area (Å²) in [5.41, 5.74) is 1.21. The number of ether oxygens (including phenoxy) is 3. The smallest absolute Gasteiger partial charge is 0.262 e. The van der Waals surface area contributed by atoms with Gasteiger partial charge in [0.05, 0.1) is 32.2 Å². The predicted octanol–water partition coefficient (Wildman–Crippen LogP) is 4.28. The van der Waals surface area contributed by atoms with Gasteiger partial charge in [-0.15, -0.1) is 0 Å². The second kappa shape index (κ2) is 10.8. The molecule has 1 amide bonds. The first-order chi connectivity index (χ1) is 15.5. The highest BCUT2D eigenvalue weighted by molar-refractivity contribution is 7.71. The maximum atomic E-state index is 12.7. The van der Waals surface area contributed by atoms with Crippen LogP contribution in [0.3, 0.4) is 0 Å². The minimum absolute atomic E-state index is 0.0931. The average molecular weight is 458 g/mol. The summed E-state index contributed by atoms with van der Waals surface area (Å²) in [6.07, 6.45) is 2.58. The van der Waals surface area contributed by atoms with E-state index in [9.17, 15) is 9.59 Å². The van der Waals surface area contributed by atoms with Crippen LogP contribution in [0, 0.1) is 4.77 Å². The standard InChI is InChI=1S/C23H27N3O5S/c1-29-18-13-15(14-19(30-2)21(18)31-3)24-20(27)11-5-4-8-12-26-22(28)16-9-6-7-10-17(16)25-23(26)32/h6-7,9-10,13-14H,4-5,8,11-12H2,1-3H3,(H,24,27)(H,25,32). The van der Waals surface area contributed by atoms with E-state index in [1.54, 1.807) is 22.8 Å². The third-order valence-corrected chi connectivity index (χ3v) is 5.45. The van der Waals surface area contributed by atoms with Crippen LogP contribution in [-0.2, 0) is 11.3 Å². The van der Waals surface area contributed by atoms with E-state index in [0.717, 1.165) is 18.4 Å². The minimum Gasteiger partial charge on any atom is -0.493 e. The second-order valence-electron chi connectivity index (χ2n) is 7.21. The number of benzene rings is 2. The summed E-state index contributed by atoms with van der Waals surface area (Å²) < 4.78 is 17.9. The van der Waals surface area contributed by atoms with Gasteiger partial charge in [0.25, 0.3) is 5.56 Å². The van der Waals surface area contributed by atoms with E-state index in [-0.39, 0.29) is 11.5 Å². The highest BCUT2D eigenvalue weighted by Gasteiger charge is 2.14. The summed E-state index contributed by atoms with van der Waals surface area (Å²) in [7, 11) is 4.57. The van der Waals surface area contributed by atoms with Crippen molar-refractivity contribution < 1.29 is 19.0 Å². The van der Waals surface area contributed by atoms with Gasteiger partial charge in [-0.2, -0.15) is 0 Å². The van der Waals surface area contributed by atoms with E-state index in [1.807, 2.05) is 18.2 Å². The number of hydrogen-bond donors (Lipinski definition) is 2. The summed E-state index contributed by atoms with van der Waals surface area (Å²) in [5.74, 6) is 1.30. The summed E-state index contributed by atoms with van der Waals surface area (Å²) in [5, 5.41) is 3.47. The van der Waals surface area contributed by atoms with E-state index in [2.05, 4.69) is 10.3 Å². The molecule has 0 unspecified atom stereocenters. The molecule has 0 radical (unpaired) electrons. The Kier molecular flexibility index (Phi) is 7.88. The molecule has 3 rings (SSSR count). The van der Waals surface area contributed by atoms with Crippen LogP contribution in [0.5, 0.6) is 17.2 Å². The summed E-state index contributed by atoms with van der Waals surface area (Å²) in [4.78, 5) is 28.1. The molecule has 0 fully saturated rings. The number of nitrogens with one attached hydrogen (secondary N) is 2. The topological polar surface area (TPSA) is 94.6 Å². The Morgan fingerprint density at radius 2 is 1.72 bits per heavy atom. The maximum absolute atomic E-state index is 12.7. The molecule has 0 spiro atoms. The third-order valence-electron chi connectivity index (χ3n) is 5.12. The number of para-hydroxylation sites is 1. The molecule has 0 aliphatic heterocycles. The van der Waals surface area contributed by atoms with Gasteiger partial charge in [0, 0.05) is 30.8 Å². The Morgan fingerprint density at radius 1 is 1.03 bits per heavy atom. The minimum atomic E-state index is -0.112. The lowest BCUT2D eigenvalue weighted by Crippen LogP contribution is -2.22. The Balaban J connectivity index is 1.53. The second-order valence-corrected chi connectivity index (χ2v) is 7.59. The number of carbonyl (C=O) groups excluding carboxylic acids is 1. The summed E-state index contributed by atoms with van der Waals surface area (Å²) >= 11 is 5.33. The zero-order chi connectivity index (χ0) is 23.1. The van der Waals surface area contributed by atoms with Crippen LogP contribution in [0.1, 0.15) is 25.7 Å². The number of hydrogen-bond acceptors (Lipinski definition) is 6. The number of anilines is 1. The van der Waals surface area contributed by atoms with E-state index in [1.165, 1.54) is 21.3 Å². The number of carbonyl (C=O) groups is 1. The Bertz CT molecular complexity index is 1190. The first-order valence-electron chi connectivity index (χ1n) is 10.3. The largest absolute Gasteiger partial charge is 0.493 e. The lowest BCUT2D eigenvalue weighted by atomic mass is 10.1. The first kappa shape index (κ1) is 23.3. The molecule has 2 N–H and O–H groups in total. The van der Waals surface area contributed by atoms with Crippen molar-refractivity contribution in [2.45, 2.75) is 32.2 Å². The summed E-state index contributed by atoms with van der Waals surface area (Å²) in [6.45, 7) is 0.507. The van der Waals surface area contributed by atoms with Crippen LogP contribution in [0.25, 0.3) is 10.9 Å². The van der Waals surface area contributed by atoms with Crippen molar-refractivity contribution in [2.24, 2.45) is 0 Å². The van der Waals surface area contributed by atoms with E-state index >= 15 is 0 Å². The van der Waals surface area contributed by atoms with E-state index in [0.29, 0.717) is 52.5 Å². The average Bonchev–Trinajstić information content (AvgIpc) is 2.79. The SMILES string of the molecule is COc1cc(NC(=O)CCCCCn2c(=S)[nH]c3ccccc3c2=O)cc(OC)c1OC. The Morgan fingerprint density at radius 3 is 2.38 bits per heavy atom. The van der Waals surface area contributed by atoms with Crippen LogP contribution in [0.2, 0.25) is 0 Å². The molecular formula is C23H27N3O5S. The molecule has 0 bridgehead atoms. The van der Waals surface area contributed by atoms with Crippen molar-refractivity contribution in [2.75, 3.05) is 26.6 Å². The molecule has 9 heteroatoms. The Hall–Kier alpha value is -3.33. The fourth-order valence-electron chi connectivity index (χ4n) is 3.51. The number of unbranched alkanes of at least 4 members (excludes halogenated alkanes) is 2. The lowest BCUT2D eigenvalue weighted by molar-refractivity contribution is -0.116.